The smallest absolute Gasteiger partial charge is 0.319 e. The van der Waals surface area contributed by atoms with E-state index in [9.17, 15) is 9.59 Å². The van der Waals surface area contributed by atoms with Gasteiger partial charge in [-0.15, -0.1) is 0 Å². The summed E-state index contributed by atoms with van der Waals surface area (Å²) in [4.78, 5) is 32.9. The molecule has 46 heavy (non-hydrogen) atoms. The van der Waals surface area contributed by atoms with Gasteiger partial charge in [0, 0.05) is 31.9 Å². The molecule has 0 atom stereocenters. The van der Waals surface area contributed by atoms with Crippen molar-refractivity contribution in [1.29, 1.82) is 0 Å². The van der Waals surface area contributed by atoms with Crippen molar-refractivity contribution in [1.82, 2.24) is 10.2 Å². The second-order valence-electron chi connectivity index (χ2n) is 12.6. The Kier molecular flexibility index (Phi) is 12.5. The molecule has 0 radical (unpaired) electrons. The minimum atomic E-state index is -0.526. The van der Waals surface area contributed by atoms with Crippen molar-refractivity contribution in [3.05, 3.63) is 95.6 Å². The zero-order valence-electron chi connectivity index (χ0n) is 27.4. The Morgan fingerprint density at radius 3 is 2.11 bits per heavy atom. The van der Waals surface area contributed by atoms with Crippen LogP contribution in [0, 0.1) is 5.92 Å². The molecule has 3 N–H and O–H groups in total. The molecule has 3 aromatic rings. The summed E-state index contributed by atoms with van der Waals surface area (Å²) in [5, 5.41) is 3.25. The van der Waals surface area contributed by atoms with Crippen LogP contribution in [-0.4, -0.2) is 69.3 Å². The molecular weight excluding hydrogens is 574 g/mol. The lowest BCUT2D eigenvalue weighted by Gasteiger charge is -2.38. The van der Waals surface area contributed by atoms with E-state index in [2.05, 4.69) is 82.7 Å². The van der Waals surface area contributed by atoms with Crippen LogP contribution in [0.5, 0.6) is 0 Å². The van der Waals surface area contributed by atoms with E-state index >= 15 is 0 Å². The van der Waals surface area contributed by atoms with Gasteiger partial charge in [-0.25, -0.2) is 4.79 Å². The van der Waals surface area contributed by atoms with E-state index in [-0.39, 0.29) is 11.9 Å². The van der Waals surface area contributed by atoms with Gasteiger partial charge in [-0.3, -0.25) is 14.6 Å². The van der Waals surface area contributed by atoms with Gasteiger partial charge >= 0.3 is 6.03 Å². The van der Waals surface area contributed by atoms with Gasteiger partial charge in [0.1, 0.15) is 0 Å². The molecule has 2 aliphatic rings. The monoisotopic (exact) mass is 625 g/mol. The van der Waals surface area contributed by atoms with E-state index in [1.54, 1.807) is 4.90 Å². The largest absolute Gasteiger partial charge is 0.378 e. The number of amides is 3. The highest BCUT2D eigenvalue weighted by molar-refractivity contribution is 6.05. The van der Waals surface area contributed by atoms with E-state index in [1.165, 1.54) is 17.5 Å². The number of benzene rings is 3. The van der Waals surface area contributed by atoms with Crippen LogP contribution >= 0.6 is 0 Å². The summed E-state index contributed by atoms with van der Waals surface area (Å²) >= 11 is 0. The first-order valence-electron chi connectivity index (χ1n) is 17.2. The third-order valence-corrected chi connectivity index (χ3v) is 9.44. The number of carbonyl (C=O) groups is 2. The summed E-state index contributed by atoms with van der Waals surface area (Å²) in [6.07, 6.45) is 7.34. The molecule has 0 aromatic heterocycles. The maximum absolute atomic E-state index is 13.9. The number of nitrogens with one attached hydrogen (secondary N) is 1. The fraction of sp³-hybridized carbons (Fsp3) is 0.474. The molecule has 0 saturated carbocycles. The van der Waals surface area contributed by atoms with Gasteiger partial charge in [-0.2, -0.15) is 0 Å². The van der Waals surface area contributed by atoms with Gasteiger partial charge in [0.2, 0.25) is 0 Å². The lowest BCUT2D eigenvalue weighted by atomic mass is 9.91. The van der Waals surface area contributed by atoms with E-state index < -0.39 is 6.03 Å². The first-order chi connectivity index (χ1) is 22.5. The van der Waals surface area contributed by atoms with Crippen LogP contribution in [0.4, 0.5) is 16.2 Å². The maximum atomic E-state index is 13.9. The minimum absolute atomic E-state index is 0.156. The molecular formula is C38H51N5O3. The van der Waals surface area contributed by atoms with Gasteiger partial charge in [0.05, 0.1) is 30.5 Å². The lowest BCUT2D eigenvalue weighted by Crippen LogP contribution is -2.41. The molecule has 8 heteroatoms. The Bertz CT molecular complexity index is 1330. The minimum Gasteiger partial charge on any atom is -0.378 e. The molecule has 3 amide bonds. The SMILES string of the molecule is CCCCCCCN(C(N)=O)c1ccc(N2CCOCC2)cc1C(=O)NCC1CCN(C(c2ccccc2)c2ccccc2)CC1. The molecule has 0 aliphatic carbocycles. The number of anilines is 2. The molecule has 0 unspecified atom stereocenters. The molecule has 2 fully saturated rings. The van der Waals surface area contributed by atoms with Crippen LogP contribution < -0.4 is 20.9 Å². The van der Waals surface area contributed by atoms with Crippen LogP contribution in [0.3, 0.4) is 0 Å². The quantitative estimate of drug-likeness (QED) is 0.197. The number of nitrogens with zero attached hydrogens (tertiary/aromatic N) is 3. The lowest BCUT2D eigenvalue weighted by molar-refractivity contribution is 0.0931. The topological polar surface area (TPSA) is 91.1 Å². The Morgan fingerprint density at radius 1 is 0.870 bits per heavy atom. The van der Waals surface area contributed by atoms with Crippen molar-refractivity contribution < 1.29 is 14.3 Å². The first-order valence-corrected chi connectivity index (χ1v) is 17.2. The summed E-state index contributed by atoms with van der Waals surface area (Å²) in [6, 6.07) is 27.0. The van der Waals surface area contributed by atoms with E-state index in [1.807, 2.05) is 18.2 Å². The van der Waals surface area contributed by atoms with E-state index in [0.717, 1.165) is 70.4 Å². The molecule has 246 valence electrons. The number of ether oxygens (including phenoxy) is 1. The number of rotatable bonds is 14. The van der Waals surface area contributed by atoms with Crippen LogP contribution in [0.25, 0.3) is 0 Å². The van der Waals surface area contributed by atoms with Gasteiger partial charge in [0.15, 0.2) is 0 Å². The second kappa shape index (κ2) is 17.2. The third kappa shape index (κ3) is 8.89. The Labute approximate surface area is 274 Å². The normalized spacial score (nSPS) is 16.0. The van der Waals surface area contributed by atoms with Crippen molar-refractivity contribution in [3.8, 4) is 0 Å². The van der Waals surface area contributed by atoms with E-state index in [4.69, 9.17) is 10.5 Å². The Morgan fingerprint density at radius 2 is 1.50 bits per heavy atom. The highest BCUT2D eigenvalue weighted by atomic mass is 16.5. The molecule has 3 aromatic carbocycles. The number of urea groups is 1. The predicted octanol–water partition coefficient (Wildman–Crippen LogP) is 6.61. The third-order valence-electron chi connectivity index (χ3n) is 9.44. The standard InChI is InChI=1S/C38H51N5O3/c1-2-3-4-5-12-21-43(38(39)45)35-18-17-33(41-24-26-46-27-25-41)28-34(35)37(44)40-29-30-19-22-42(23-20-30)36(31-13-8-6-9-14-31)32-15-10-7-11-16-32/h6-11,13-18,28,30,36H,2-5,12,19-27,29H2,1H3,(H2,39,45)(H,40,44). The summed E-state index contributed by atoms with van der Waals surface area (Å²) in [5.74, 6) is 0.223. The zero-order chi connectivity index (χ0) is 32.1. The average molecular weight is 626 g/mol. The molecule has 2 saturated heterocycles. The predicted molar refractivity (Wildman–Crippen MR) is 187 cm³/mol. The van der Waals surface area contributed by atoms with Crippen molar-refractivity contribution in [2.45, 2.75) is 57.9 Å². The summed E-state index contributed by atoms with van der Waals surface area (Å²) in [5.41, 5.74) is 10.6. The molecule has 0 bridgehead atoms. The summed E-state index contributed by atoms with van der Waals surface area (Å²) in [6.45, 7) is 8.05. The number of likely N-dealkylation sites (tertiary alicyclic amines) is 1. The zero-order valence-corrected chi connectivity index (χ0v) is 27.4. The molecule has 2 aliphatic heterocycles. The van der Waals surface area contributed by atoms with Gasteiger partial charge in [-0.05, 0) is 67.6 Å². The van der Waals surface area contributed by atoms with Crippen LogP contribution in [-0.2, 0) is 4.74 Å². The Hall–Kier alpha value is -3.88. The number of hydrogen-bond acceptors (Lipinski definition) is 5. The van der Waals surface area contributed by atoms with Gasteiger partial charge in [-0.1, -0.05) is 93.3 Å². The fourth-order valence-electron chi connectivity index (χ4n) is 6.81. The highest BCUT2D eigenvalue weighted by Gasteiger charge is 2.28. The van der Waals surface area contributed by atoms with Crippen molar-refractivity contribution in [3.63, 3.8) is 0 Å². The molecule has 5 rings (SSSR count). The average Bonchev–Trinajstić information content (AvgIpc) is 3.10. The first kappa shape index (κ1) is 33.5. The van der Waals surface area contributed by atoms with Gasteiger partial charge in [0.25, 0.3) is 5.91 Å². The molecule has 2 heterocycles. The highest BCUT2D eigenvalue weighted by Crippen LogP contribution is 2.33. The number of carbonyl (C=O) groups excluding carboxylic acids is 2. The van der Waals surface area contributed by atoms with Gasteiger partial charge < -0.3 is 20.7 Å². The summed E-state index contributed by atoms with van der Waals surface area (Å²) < 4.78 is 5.55. The van der Waals surface area contributed by atoms with Crippen molar-refractivity contribution >= 4 is 23.3 Å². The van der Waals surface area contributed by atoms with Crippen molar-refractivity contribution in [2.24, 2.45) is 11.7 Å². The molecule has 8 nitrogen and oxygen atoms in total. The van der Waals surface area contributed by atoms with Crippen molar-refractivity contribution in [2.75, 3.05) is 62.3 Å². The number of primary amides is 1. The number of nitrogens with two attached hydrogens (primary N) is 1. The summed E-state index contributed by atoms with van der Waals surface area (Å²) in [7, 11) is 0. The maximum Gasteiger partial charge on any atom is 0.319 e. The number of hydrogen-bond donors (Lipinski definition) is 2. The number of morpholine rings is 1. The second-order valence-corrected chi connectivity index (χ2v) is 12.6. The molecule has 0 spiro atoms. The number of piperidine rings is 1. The fourth-order valence-corrected chi connectivity index (χ4v) is 6.81. The number of unbranched alkanes of at least 4 members (excludes halogenated alkanes) is 4. The van der Waals surface area contributed by atoms with E-state index in [0.29, 0.717) is 43.5 Å². The Balaban J connectivity index is 1.26. The van der Waals surface area contributed by atoms with Crippen LogP contribution in [0.15, 0.2) is 78.9 Å². The van der Waals surface area contributed by atoms with Crippen LogP contribution in [0.1, 0.15) is 79.4 Å². The van der Waals surface area contributed by atoms with Crippen LogP contribution in [0.2, 0.25) is 0 Å².